The molecule has 2 fully saturated rings. The number of amides is 4. The van der Waals surface area contributed by atoms with Gasteiger partial charge in [-0.1, -0.05) is 67.6 Å². The second kappa shape index (κ2) is 17.5. The number of fused-ring (bicyclic) bond motifs is 1. The third-order valence-corrected chi connectivity index (χ3v) is 11.4. The highest BCUT2D eigenvalue weighted by molar-refractivity contribution is 7.88. The first-order valence-corrected chi connectivity index (χ1v) is 20.3. The number of nitrogens with zero attached hydrogens (tertiary/aromatic N) is 5. The Hall–Kier alpha value is -5.17. The van der Waals surface area contributed by atoms with E-state index in [1.54, 1.807) is 11.5 Å². The van der Waals surface area contributed by atoms with Gasteiger partial charge in [-0.3, -0.25) is 9.59 Å². The van der Waals surface area contributed by atoms with Crippen molar-refractivity contribution in [2.75, 3.05) is 44.3 Å². The molecule has 18 heteroatoms. The van der Waals surface area contributed by atoms with E-state index < -0.39 is 46.3 Å². The lowest BCUT2D eigenvalue weighted by molar-refractivity contribution is -0.122. The Morgan fingerprint density at radius 1 is 0.891 bits per heavy atom. The molecule has 0 spiro atoms. The summed E-state index contributed by atoms with van der Waals surface area (Å²) in [6.45, 7) is 2.89. The predicted octanol–water partition coefficient (Wildman–Crippen LogP) is 1.08. The third kappa shape index (κ3) is 9.56. The van der Waals surface area contributed by atoms with Crippen molar-refractivity contribution in [2.24, 2.45) is 0 Å². The first-order valence-electron chi connectivity index (χ1n) is 18.4. The standard InChI is InChI=1S/C37H48N10O7S/c1-3-29(48)43-27-20-28(32(50)31(27)49)47-22-41-30-33(40-21-26(23-10-6-4-7-11-23)24-12-8-5-9-13-24)44-34(45-35(30)47)36(51)38-16-17-39-37(52)42-25-14-18-46(19-15-25)55(2,53)54/h4-13,22,25-28,31-32,49-50H,3,14-21H2,1-2H3,(H,38,51)(H,43,48)(H2,39,42,52)(H,40,44,45)/t27-,28+,31+,32-/m0/s1. The van der Waals surface area contributed by atoms with E-state index in [1.165, 1.54) is 16.9 Å². The van der Waals surface area contributed by atoms with Crippen LogP contribution in [0.3, 0.4) is 0 Å². The maximum atomic E-state index is 13.6. The lowest BCUT2D eigenvalue weighted by Gasteiger charge is -2.30. The van der Waals surface area contributed by atoms with E-state index in [4.69, 9.17) is 0 Å². The number of aliphatic hydroxyl groups excluding tert-OH is 2. The summed E-state index contributed by atoms with van der Waals surface area (Å²) < 4.78 is 26.6. The average molecular weight is 777 g/mol. The van der Waals surface area contributed by atoms with Crippen LogP contribution in [0.25, 0.3) is 11.2 Å². The summed E-state index contributed by atoms with van der Waals surface area (Å²) >= 11 is 0. The average Bonchev–Trinajstić information content (AvgIpc) is 3.73. The van der Waals surface area contributed by atoms with Crippen LogP contribution in [0.2, 0.25) is 0 Å². The number of aromatic nitrogens is 4. The van der Waals surface area contributed by atoms with Gasteiger partial charge in [-0.25, -0.2) is 32.5 Å². The largest absolute Gasteiger partial charge is 0.388 e. The highest BCUT2D eigenvalue weighted by atomic mass is 32.2. The molecule has 17 nitrogen and oxygen atoms in total. The molecule has 3 heterocycles. The van der Waals surface area contributed by atoms with Gasteiger partial charge in [0.25, 0.3) is 5.91 Å². The molecule has 4 amide bonds. The van der Waals surface area contributed by atoms with E-state index in [2.05, 4.69) is 41.5 Å². The van der Waals surface area contributed by atoms with Crippen molar-refractivity contribution >= 4 is 44.9 Å². The Morgan fingerprint density at radius 3 is 2.15 bits per heavy atom. The number of hydrogen-bond donors (Lipinski definition) is 7. The van der Waals surface area contributed by atoms with Crippen LogP contribution < -0.4 is 26.6 Å². The summed E-state index contributed by atoms with van der Waals surface area (Å²) in [6.07, 6.45) is 1.56. The third-order valence-electron chi connectivity index (χ3n) is 10.1. The monoisotopic (exact) mass is 776 g/mol. The molecular weight excluding hydrogens is 729 g/mol. The van der Waals surface area contributed by atoms with Crippen molar-refractivity contribution in [3.05, 3.63) is 83.9 Å². The van der Waals surface area contributed by atoms with Crippen LogP contribution >= 0.6 is 0 Å². The quantitative estimate of drug-likeness (QED) is 0.0896. The molecule has 2 aromatic carbocycles. The summed E-state index contributed by atoms with van der Waals surface area (Å²) in [5, 5.41) is 36.4. The second-order valence-electron chi connectivity index (χ2n) is 13.9. The van der Waals surface area contributed by atoms with Crippen LogP contribution in [-0.4, -0.2) is 124 Å². The number of sulfonamides is 1. The van der Waals surface area contributed by atoms with Crippen molar-refractivity contribution in [1.29, 1.82) is 0 Å². The Bertz CT molecular complexity index is 2020. The van der Waals surface area contributed by atoms with Crippen molar-refractivity contribution in [2.45, 2.75) is 68.9 Å². The fraction of sp³-hybridized carbons (Fsp3) is 0.459. The van der Waals surface area contributed by atoms with E-state index in [9.17, 15) is 33.0 Å². The molecule has 7 N–H and O–H groups in total. The number of benzene rings is 2. The van der Waals surface area contributed by atoms with Gasteiger partial charge < -0.3 is 41.4 Å². The van der Waals surface area contributed by atoms with E-state index in [0.29, 0.717) is 38.0 Å². The maximum Gasteiger partial charge on any atom is 0.315 e. The van der Waals surface area contributed by atoms with Gasteiger partial charge in [0.2, 0.25) is 21.8 Å². The van der Waals surface area contributed by atoms with E-state index >= 15 is 0 Å². The summed E-state index contributed by atoms with van der Waals surface area (Å²) in [6, 6.07) is 17.9. The number of piperidine rings is 1. The first-order chi connectivity index (χ1) is 26.4. The molecule has 1 saturated carbocycles. The fourth-order valence-corrected chi connectivity index (χ4v) is 7.99. The zero-order valence-corrected chi connectivity index (χ0v) is 31.6. The number of carbonyl (C=O) groups is 3. The number of carbonyl (C=O) groups excluding carboxylic acids is 3. The molecule has 55 heavy (non-hydrogen) atoms. The Kier molecular flexibility index (Phi) is 12.6. The van der Waals surface area contributed by atoms with Gasteiger partial charge in [-0.05, 0) is 30.4 Å². The van der Waals surface area contributed by atoms with Crippen molar-refractivity contribution in [3.8, 4) is 0 Å². The smallest absolute Gasteiger partial charge is 0.315 e. The van der Waals surface area contributed by atoms with Gasteiger partial charge in [0.15, 0.2) is 11.5 Å². The number of hydrogen-bond acceptors (Lipinski definition) is 11. The van der Waals surface area contributed by atoms with Gasteiger partial charge in [-0.15, -0.1) is 0 Å². The minimum absolute atomic E-state index is 0.0542. The Labute approximate surface area is 319 Å². The first kappa shape index (κ1) is 39.5. The predicted molar refractivity (Wildman–Crippen MR) is 205 cm³/mol. The van der Waals surface area contributed by atoms with Crippen LogP contribution in [-0.2, 0) is 14.8 Å². The Balaban J connectivity index is 1.19. The molecule has 6 rings (SSSR count). The van der Waals surface area contributed by atoms with E-state index in [-0.39, 0.29) is 61.1 Å². The van der Waals surface area contributed by atoms with Crippen LogP contribution in [0, 0.1) is 0 Å². The Morgan fingerprint density at radius 2 is 1.53 bits per heavy atom. The number of rotatable bonds is 14. The molecule has 4 aromatic rings. The van der Waals surface area contributed by atoms with Crippen molar-refractivity contribution < 1.29 is 33.0 Å². The van der Waals surface area contributed by atoms with Gasteiger partial charge in [0.05, 0.1) is 24.7 Å². The van der Waals surface area contributed by atoms with E-state index in [0.717, 1.165) is 11.1 Å². The van der Waals surface area contributed by atoms with Gasteiger partial charge >= 0.3 is 6.03 Å². The number of nitrogens with one attached hydrogen (secondary N) is 5. The second-order valence-corrected chi connectivity index (χ2v) is 15.9. The lowest BCUT2D eigenvalue weighted by atomic mass is 9.91. The van der Waals surface area contributed by atoms with Crippen molar-refractivity contribution in [3.63, 3.8) is 0 Å². The van der Waals surface area contributed by atoms with Crippen LogP contribution in [0.4, 0.5) is 10.6 Å². The minimum atomic E-state index is -3.28. The number of imidazole rings is 1. The summed E-state index contributed by atoms with van der Waals surface area (Å²) in [7, 11) is -3.28. The van der Waals surface area contributed by atoms with Crippen molar-refractivity contribution in [1.82, 2.24) is 45.1 Å². The topological polar surface area (TPSA) is 233 Å². The van der Waals surface area contributed by atoms with E-state index in [1.807, 2.05) is 60.7 Å². The zero-order valence-electron chi connectivity index (χ0n) is 30.8. The lowest BCUT2D eigenvalue weighted by Crippen LogP contribution is -2.49. The molecule has 1 saturated heterocycles. The zero-order chi connectivity index (χ0) is 39.1. The van der Waals surface area contributed by atoms with Gasteiger partial charge in [0, 0.05) is 51.1 Å². The maximum absolute atomic E-state index is 13.6. The molecule has 0 unspecified atom stereocenters. The normalized spacial score (nSPS) is 20.7. The molecule has 294 valence electrons. The minimum Gasteiger partial charge on any atom is -0.388 e. The number of aliphatic hydroxyl groups is 2. The molecule has 0 radical (unpaired) electrons. The summed E-state index contributed by atoms with van der Waals surface area (Å²) in [5.74, 6) is -0.858. The van der Waals surface area contributed by atoms with Gasteiger partial charge in [-0.2, -0.15) is 0 Å². The number of anilines is 1. The van der Waals surface area contributed by atoms with Crippen LogP contribution in [0.15, 0.2) is 67.0 Å². The highest BCUT2D eigenvalue weighted by Crippen LogP contribution is 2.34. The van der Waals surface area contributed by atoms with Crippen LogP contribution in [0.5, 0.6) is 0 Å². The SMILES string of the molecule is CCC(=O)N[C@H]1C[C@@H](n2cnc3c(NCC(c4ccccc4)c4ccccc4)nc(C(=O)NCCNC(=O)NC4CCN(S(C)(=O)=O)CC4)nc32)[C@H](O)[C@@H]1O. The van der Waals surface area contributed by atoms with Gasteiger partial charge in [0.1, 0.15) is 17.7 Å². The molecule has 4 atom stereocenters. The number of urea groups is 1. The highest BCUT2D eigenvalue weighted by Gasteiger charge is 2.44. The summed E-state index contributed by atoms with van der Waals surface area (Å²) in [4.78, 5) is 52.0. The summed E-state index contributed by atoms with van der Waals surface area (Å²) in [5.41, 5.74) is 2.72. The molecule has 0 bridgehead atoms. The fourth-order valence-electron chi connectivity index (χ4n) is 7.12. The molecule has 1 aliphatic carbocycles. The van der Waals surface area contributed by atoms with Crippen LogP contribution in [0.1, 0.15) is 66.3 Å². The molecule has 2 aromatic heterocycles. The molecule has 2 aliphatic rings. The molecular formula is C37H48N10O7S. The molecule has 1 aliphatic heterocycles.